The van der Waals surface area contributed by atoms with Gasteiger partial charge < -0.3 is 9.47 Å². The molecule has 0 unspecified atom stereocenters. The lowest BCUT2D eigenvalue weighted by atomic mass is 10.0. The van der Waals surface area contributed by atoms with E-state index < -0.39 is 0 Å². The molecule has 0 heterocycles. The third-order valence-corrected chi connectivity index (χ3v) is 4.68. The molecule has 0 aromatic heterocycles. The average Bonchev–Trinajstić information content (AvgIpc) is 2.76. The summed E-state index contributed by atoms with van der Waals surface area (Å²) in [6.45, 7) is 5.11. The van der Waals surface area contributed by atoms with Crippen LogP contribution in [-0.2, 0) is 24.4 Å². The molecular formula is C26H28O2. The molecule has 3 aromatic carbocycles. The van der Waals surface area contributed by atoms with Gasteiger partial charge in [-0.15, -0.1) is 6.58 Å². The number of aryl methyl sites for hydroxylation is 1. The van der Waals surface area contributed by atoms with Crippen molar-refractivity contribution in [3.05, 3.63) is 114 Å². The van der Waals surface area contributed by atoms with Gasteiger partial charge in [0.15, 0.2) is 0 Å². The van der Waals surface area contributed by atoms with Gasteiger partial charge in [-0.05, 0) is 48.1 Å². The third-order valence-electron chi connectivity index (χ3n) is 4.68. The molecular weight excluding hydrogens is 344 g/mol. The Morgan fingerprint density at radius 1 is 0.714 bits per heavy atom. The molecule has 0 bridgehead atoms. The first kappa shape index (κ1) is 19.9. The predicted molar refractivity (Wildman–Crippen MR) is 115 cm³/mol. The van der Waals surface area contributed by atoms with Crippen LogP contribution in [0.3, 0.4) is 0 Å². The standard InChI is InChI=1S/C26H28O2/c1-2-9-25(27-20-23-10-5-3-6-11-23)17-14-22-15-18-26(19-16-22)28-21-24-12-7-4-8-13-24/h2-8,10-13,15-16,18-19,25H,1,9,14,17,20-21H2/t25-/m0/s1. The Morgan fingerprint density at radius 3 is 1.93 bits per heavy atom. The van der Waals surface area contributed by atoms with Gasteiger partial charge >= 0.3 is 0 Å². The topological polar surface area (TPSA) is 18.5 Å². The molecule has 3 aromatic rings. The van der Waals surface area contributed by atoms with Crippen molar-refractivity contribution in [2.75, 3.05) is 0 Å². The van der Waals surface area contributed by atoms with E-state index in [2.05, 4.69) is 43.0 Å². The molecule has 2 heteroatoms. The highest BCUT2D eigenvalue weighted by Crippen LogP contribution is 2.18. The summed E-state index contributed by atoms with van der Waals surface area (Å²) >= 11 is 0. The van der Waals surface area contributed by atoms with E-state index >= 15 is 0 Å². The normalized spacial score (nSPS) is 11.7. The minimum Gasteiger partial charge on any atom is -0.489 e. The lowest BCUT2D eigenvalue weighted by Crippen LogP contribution is -2.13. The molecule has 0 saturated heterocycles. The second-order valence-corrected chi connectivity index (χ2v) is 6.90. The van der Waals surface area contributed by atoms with E-state index in [4.69, 9.17) is 9.47 Å². The van der Waals surface area contributed by atoms with Crippen molar-refractivity contribution in [3.63, 3.8) is 0 Å². The number of hydrogen-bond donors (Lipinski definition) is 0. The largest absolute Gasteiger partial charge is 0.489 e. The van der Waals surface area contributed by atoms with Crippen LogP contribution in [0.25, 0.3) is 0 Å². The zero-order valence-corrected chi connectivity index (χ0v) is 16.3. The third kappa shape index (κ3) is 6.71. The minimum atomic E-state index is 0.187. The van der Waals surface area contributed by atoms with Gasteiger partial charge in [-0.3, -0.25) is 0 Å². The first-order valence-corrected chi connectivity index (χ1v) is 9.85. The van der Waals surface area contributed by atoms with Gasteiger partial charge in [0.05, 0.1) is 12.7 Å². The monoisotopic (exact) mass is 372 g/mol. The molecule has 2 nitrogen and oxygen atoms in total. The van der Waals surface area contributed by atoms with Crippen molar-refractivity contribution in [2.24, 2.45) is 0 Å². The van der Waals surface area contributed by atoms with Gasteiger partial charge in [0.1, 0.15) is 12.4 Å². The van der Waals surface area contributed by atoms with Gasteiger partial charge in [0, 0.05) is 0 Å². The molecule has 0 N–H and O–H groups in total. The Hall–Kier alpha value is -2.84. The molecule has 0 fully saturated rings. The summed E-state index contributed by atoms with van der Waals surface area (Å²) in [4.78, 5) is 0. The zero-order chi connectivity index (χ0) is 19.4. The highest BCUT2D eigenvalue weighted by Gasteiger charge is 2.08. The molecule has 0 spiro atoms. The number of rotatable bonds is 11. The fourth-order valence-electron chi connectivity index (χ4n) is 3.06. The van der Waals surface area contributed by atoms with Crippen LogP contribution in [0.4, 0.5) is 0 Å². The first-order chi connectivity index (χ1) is 13.8. The van der Waals surface area contributed by atoms with Crippen LogP contribution >= 0.6 is 0 Å². The summed E-state index contributed by atoms with van der Waals surface area (Å²) in [5.41, 5.74) is 3.68. The van der Waals surface area contributed by atoms with Crippen molar-refractivity contribution in [1.82, 2.24) is 0 Å². The molecule has 0 amide bonds. The second kappa shape index (κ2) is 11.1. The van der Waals surface area contributed by atoms with Gasteiger partial charge in [-0.25, -0.2) is 0 Å². The van der Waals surface area contributed by atoms with Gasteiger partial charge in [0.2, 0.25) is 0 Å². The molecule has 28 heavy (non-hydrogen) atoms. The Morgan fingerprint density at radius 2 is 1.32 bits per heavy atom. The van der Waals surface area contributed by atoms with Crippen molar-refractivity contribution in [2.45, 2.75) is 38.6 Å². The Kier molecular flexibility index (Phi) is 7.90. The van der Waals surface area contributed by atoms with Gasteiger partial charge in [0.25, 0.3) is 0 Å². The van der Waals surface area contributed by atoms with Gasteiger partial charge in [-0.1, -0.05) is 78.9 Å². The quantitative estimate of drug-likeness (QED) is 0.365. The van der Waals surface area contributed by atoms with Crippen molar-refractivity contribution < 1.29 is 9.47 Å². The van der Waals surface area contributed by atoms with Crippen LogP contribution in [0.2, 0.25) is 0 Å². The Labute approximate surface area is 168 Å². The van der Waals surface area contributed by atoms with Crippen molar-refractivity contribution >= 4 is 0 Å². The van der Waals surface area contributed by atoms with Crippen LogP contribution < -0.4 is 4.74 Å². The Balaban J connectivity index is 1.46. The number of ether oxygens (including phenoxy) is 2. The summed E-state index contributed by atoms with van der Waals surface area (Å²) < 4.78 is 12.0. The van der Waals surface area contributed by atoms with Crippen molar-refractivity contribution in [3.8, 4) is 5.75 Å². The second-order valence-electron chi connectivity index (χ2n) is 6.90. The van der Waals surface area contributed by atoms with Gasteiger partial charge in [-0.2, -0.15) is 0 Å². The molecule has 3 rings (SSSR count). The molecule has 144 valence electrons. The molecule has 0 aliphatic rings. The molecule has 0 saturated carbocycles. The molecule has 0 aliphatic heterocycles. The Bertz CT molecular complexity index is 810. The lowest BCUT2D eigenvalue weighted by molar-refractivity contribution is 0.0373. The predicted octanol–water partition coefficient (Wildman–Crippen LogP) is 6.36. The van der Waals surface area contributed by atoms with Crippen LogP contribution in [0.15, 0.2) is 97.6 Å². The van der Waals surface area contributed by atoms with Crippen molar-refractivity contribution in [1.29, 1.82) is 0 Å². The maximum Gasteiger partial charge on any atom is 0.119 e. The zero-order valence-electron chi connectivity index (χ0n) is 16.3. The molecule has 0 aliphatic carbocycles. The lowest BCUT2D eigenvalue weighted by Gasteiger charge is -2.17. The maximum absolute atomic E-state index is 6.11. The SMILES string of the molecule is C=CC[C@@H](CCc1ccc(OCc2ccccc2)cc1)OCc1ccccc1. The smallest absolute Gasteiger partial charge is 0.119 e. The summed E-state index contributed by atoms with van der Waals surface area (Å²) in [7, 11) is 0. The maximum atomic E-state index is 6.11. The van der Waals surface area contributed by atoms with E-state index in [1.54, 1.807) is 0 Å². The minimum absolute atomic E-state index is 0.187. The van der Waals surface area contributed by atoms with Crippen LogP contribution in [0.1, 0.15) is 29.5 Å². The highest BCUT2D eigenvalue weighted by molar-refractivity contribution is 5.28. The number of hydrogen-bond acceptors (Lipinski definition) is 2. The van der Waals surface area contributed by atoms with E-state index in [-0.39, 0.29) is 6.10 Å². The van der Waals surface area contributed by atoms with E-state index in [0.717, 1.165) is 25.0 Å². The highest BCUT2D eigenvalue weighted by atomic mass is 16.5. The molecule has 0 radical (unpaired) electrons. The van der Waals surface area contributed by atoms with Crippen LogP contribution in [0.5, 0.6) is 5.75 Å². The van der Waals surface area contributed by atoms with E-state index in [1.807, 2.05) is 54.6 Å². The van der Waals surface area contributed by atoms with E-state index in [1.165, 1.54) is 16.7 Å². The summed E-state index contributed by atoms with van der Waals surface area (Å²) in [6.07, 6.45) is 4.95. The number of benzene rings is 3. The fourth-order valence-corrected chi connectivity index (χ4v) is 3.06. The fraction of sp³-hybridized carbons (Fsp3) is 0.231. The molecule has 1 atom stereocenters. The summed E-state index contributed by atoms with van der Waals surface area (Å²) in [5.74, 6) is 0.899. The average molecular weight is 373 g/mol. The van der Waals surface area contributed by atoms with E-state index in [0.29, 0.717) is 13.2 Å². The summed E-state index contributed by atoms with van der Waals surface area (Å²) in [5, 5.41) is 0. The van der Waals surface area contributed by atoms with E-state index in [9.17, 15) is 0 Å². The first-order valence-electron chi connectivity index (χ1n) is 9.85. The summed E-state index contributed by atoms with van der Waals surface area (Å²) in [6, 6.07) is 28.9. The van der Waals surface area contributed by atoms with Crippen LogP contribution in [-0.4, -0.2) is 6.10 Å². The van der Waals surface area contributed by atoms with Crippen LogP contribution in [0, 0.1) is 0 Å².